The van der Waals surface area contributed by atoms with E-state index < -0.39 is 0 Å². The van der Waals surface area contributed by atoms with Crippen molar-refractivity contribution in [2.24, 2.45) is 0 Å². The van der Waals surface area contributed by atoms with Crippen LogP contribution in [0.25, 0.3) is 10.1 Å². The molecule has 1 aliphatic rings. The molecule has 1 heterocycles. The topological polar surface area (TPSA) is 29.1 Å². The fourth-order valence-electron chi connectivity index (χ4n) is 2.29. The van der Waals surface area contributed by atoms with E-state index in [9.17, 15) is 4.79 Å². The molecule has 1 aromatic heterocycles. The second-order valence-corrected chi connectivity index (χ2v) is 6.51. The number of hydrogen-bond donors (Lipinski definition) is 1. The average Bonchev–Trinajstić information content (AvgIpc) is 2.77. The molecule has 0 radical (unpaired) electrons. The van der Waals surface area contributed by atoms with E-state index in [0.717, 1.165) is 28.4 Å². The molecule has 94 valence electrons. The van der Waals surface area contributed by atoms with E-state index >= 15 is 0 Å². The minimum absolute atomic E-state index is 0.00669. The summed E-state index contributed by atoms with van der Waals surface area (Å²) in [5.74, 6) is 0.0651. The maximum atomic E-state index is 12.3. The molecule has 1 aromatic carbocycles. The summed E-state index contributed by atoms with van der Waals surface area (Å²) in [7, 11) is 0. The van der Waals surface area contributed by atoms with E-state index in [1.54, 1.807) is 11.3 Å². The molecule has 0 spiro atoms. The molecule has 0 aliphatic heterocycles. The van der Waals surface area contributed by atoms with Crippen LogP contribution in [0.15, 0.2) is 30.3 Å². The second-order valence-electron chi connectivity index (χ2n) is 4.87. The third kappa shape index (κ3) is 2.08. The predicted molar refractivity (Wildman–Crippen MR) is 79.7 cm³/mol. The Hall–Kier alpha value is -0.870. The van der Waals surface area contributed by atoms with Crippen LogP contribution >= 0.6 is 27.3 Å². The fourth-order valence-corrected chi connectivity index (χ4v) is 3.95. The highest BCUT2D eigenvalue weighted by Gasteiger charge is 2.37. The lowest BCUT2D eigenvalue weighted by atomic mass is 9.78. The summed E-state index contributed by atoms with van der Waals surface area (Å²) < 4.78 is 1.17. The van der Waals surface area contributed by atoms with Gasteiger partial charge >= 0.3 is 0 Å². The smallest absolute Gasteiger partial charge is 0.261 e. The van der Waals surface area contributed by atoms with Gasteiger partial charge in [0.2, 0.25) is 0 Å². The van der Waals surface area contributed by atoms with Crippen molar-refractivity contribution in [1.29, 1.82) is 0 Å². The van der Waals surface area contributed by atoms with E-state index in [1.165, 1.54) is 11.1 Å². The van der Waals surface area contributed by atoms with Crippen molar-refractivity contribution in [2.45, 2.75) is 24.8 Å². The van der Waals surface area contributed by atoms with Gasteiger partial charge in [-0.2, -0.15) is 0 Å². The summed E-state index contributed by atoms with van der Waals surface area (Å²) in [5, 5.41) is 5.17. The third-order valence-electron chi connectivity index (χ3n) is 3.59. The van der Waals surface area contributed by atoms with Crippen LogP contribution in [0, 0.1) is 0 Å². The number of fused-ring (bicyclic) bond motifs is 1. The van der Waals surface area contributed by atoms with Gasteiger partial charge in [0.15, 0.2) is 0 Å². The molecular weight excluding hydrogens is 310 g/mol. The number of carbonyl (C=O) groups excluding carboxylic acids is 1. The largest absolute Gasteiger partial charge is 0.345 e. The van der Waals surface area contributed by atoms with Crippen LogP contribution in [0.2, 0.25) is 0 Å². The molecule has 1 saturated carbocycles. The standard InChI is InChI=1S/C14H14BrNOS/c15-9-14(6-3-7-14)16-13(17)12-8-10-4-1-2-5-11(10)18-12/h1-2,4-5,8H,3,6-7,9H2,(H,16,17). The van der Waals surface area contributed by atoms with Crippen molar-refractivity contribution in [3.05, 3.63) is 35.2 Å². The maximum absolute atomic E-state index is 12.3. The van der Waals surface area contributed by atoms with Gasteiger partial charge in [-0.3, -0.25) is 4.79 Å². The van der Waals surface area contributed by atoms with Crippen LogP contribution in [0.3, 0.4) is 0 Å². The fraction of sp³-hybridized carbons (Fsp3) is 0.357. The van der Waals surface area contributed by atoms with Gasteiger partial charge in [0.25, 0.3) is 5.91 Å². The first-order valence-electron chi connectivity index (χ1n) is 6.09. The first-order chi connectivity index (χ1) is 8.72. The normalized spacial score (nSPS) is 17.4. The molecule has 1 fully saturated rings. The molecule has 0 saturated heterocycles. The Labute approximate surface area is 119 Å². The molecule has 1 amide bonds. The third-order valence-corrected chi connectivity index (χ3v) is 5.78. The lowest BCUT2D eigenvalue weighted by Crippen LogP contribution is -2.54. The molecule has 0 unspecified atom stereocenters. The number of thiophene rings is 1. The monoisotopic (exact) mass is 323 g/mol. The van der Waals surface area contributed by atoms with Crippen molar-refractivity contribution in [2.75, 3.05) is 5.33 Å². The van der Waals surface area contributed by atoms with E-state index in [1.807, 2.05) is 24.3 Å². The first kappa shape index (κ1) is 12.2. The number of rotatable bonds is 3. The summed E-state index contributed by atoms with van der Waals surface area (Å²) in [6.07, 6.45) is 3.36. The van der Waals surface area contributed by atoms with Crippen molar-refractivity contribution in [1.82, 2.24) is 5.32 Å². The molecule has 0 atom stereocenters. The maximum Gasteiger partial charge on any atom is 0.261 e. The van der Waals surface area contributed by atoms with Gasteiger partial charge in [-0.05, 0) is 36.8 Å². The number of carbonyl (C=O) groups is 1. The van der Waals surface area contributed by atoms with Crippen LogP contribution in [-0.4, -0.2) is 16.8 Å². The van der Waals surface area contributed by atoms with Gasteiger partial charge in [-0.15, -0.1) is 11.3 Å². The number of amides is 1. The van der Waals surface area contributed by atoms with Gasteiger partial charge in [-0.25, -0.2) is 0 Å². The van der Waals surface area contributed by atoms with E-state index in [4.69, 9.17) is 0 Å². The zero-order valence-electron chi connectivity index (χ0n) is 9.91. The number of benzene rings is 1. The highest BCUT2D eigenvalue weighted by atomic mass is 79.9. The zero-order chi connectivity index (χ0) is 12.6. The highest BCUT2D eigenvalue weighted by Crippen LogP contribution is 2.34. The first-order valence-corrected chi connectivity index (χ1v) is 8.03. The van der Waals surface area contributed by atoms with Gasteiger partial charge in [0.1, 0.15) is 0 Å². The van der Waals surface area contributed by atoms with Crippen LogP contribution in [-0.2, 0) is 0 Å². The minimum atomic E-state index is -0.00669. The van der Waals surface area contributed by atoms with Crippen molar-refractivity contribution in [3.63, 3.8) is 0 Å². The summed E-state index contributed by atoms with van der Waals surface area (Å²) >= 11 is 5.07. The molecule has 1 N–H and O–H groups in total. The zero-order valence-corrected chi connectivity index (χ0v) is 12.3. The SMILES string of the molecule is O=C(NC1(CBr)CCC1)c1cc2ccccc2s1. The number of nitrogens with one attached hydrogen (secondary N) is 1. The molecule has 3 rings (SSSR count). The van der Waals surface area contributed by atoms with Crippen molar-refractivity contribution in [3.8, 4) is 0 Å². The highest BCUT2D eigenvalue weighted by molar-refractivity contribution is 9.09. The number of halogens is 1. The van der Waals surface area contributed by atoms with Gasteiger partial charge in [-0.1, -0.05) is 34.1 Å². The summed E-state index contributed by atoms with van der Waals surface area (Å²) in [4.78, 5) is 13.1. The Kier molecular flexibility index (Phi) is 3.16. The van der Waals surface area contributed by atoms with Crippen LogP contribution in [0.1, 0.15) is 28.9 Å². The van der Waals surface area contributed by atoms with Crippen molar-refractivity contribution < 1.29 is 4.79 Å². The molecule has 0 bridgehead atoms. The second kappa shape index (κ2) is 4.67. The molecule has 2 nitrogen and oxygen atoms in total. The minimum Gasteiger partial charge on any atom is -0.345 e. The van der Waals surface area contributed by atoms with Gasteiger partial charge in [0, 0.05) is 10.0 Å². The lowest BCUT2D eigenvalue weighted by molar-refractivity contribution is 0.0861. The molecule has 4 heteroatoms. The molecule has 2 aromatic rings. The van der Waals surface area contributed by atoms with Gasteiger partial charge in [0.05, 0.1) is 10.4 Å². The Morgan fingerprint density at radius 3 is 2.78 bits per heavy atom. The molecule has 1 aliphatic carbocycles. The Bertz CT molecular complexity index is 550. The summed E-state index contributed by atoms with van der Waals surface area (Å²) in [6, 6.07) is 10.1. The molecular formula is C14H14BrNOS. The number of hydrogen-bond acceptors (Lipinski definition) is 2. The Morgan fingerprint density at radius 1 is 1.39 bits per heavy atom. The van der Waals surface area contributed by atoms with Crippen LogP contribution in [0.4, 0.5) is 0 Å². The van der Waals surface area contributed by atoms with Crippen LogP contribution < -0.4 is 5.32 Å². The van der Waals surface area contributed by atoms with Crippen molar-refractivity contribution >= 4 is 43.3 Å². The molecule has 18 heavy (non-hydrogen) atoms. The summed E-state index contributed by atoms with van der Waals surface area (Å²) in [5.41, 5.74) is -0.00669. The Morgan fingerprint density at radius 2 is 2.17 bits per heavy atom. The Balaban J connectivity index is 1.83. The lowest BCUT2D eigenvalue weighted by Gasteiger charge is -2.41. The van der Waals surface area contributed by atoms with Crippen LogP contribution in [0.5, 0.6) is 0 Å². The quantitative estimate of drug-likeness (QED) is 0.851. The summed E-state index contributed by atoms with van der Waals surface area (Å²) in [6.45, 7) is 0. The van der Waals surface area contributed by atoms with E-state index in [-0.39, 0.29) is 11.4 Å². The van der Waals surface area contributed by atoms with Gasteiger partial charge < -0.3 is 5.32 Å². The van der Waals surface area contributed by atoms with E-state index in [0.29, 0.717) is 0 Å². The average molecular weight is 324 g/mol. The predicted octanol–water partition coefficient (Wildman–Crippen LogP) is 3.95. The van der Waals surface area contributed by atoms with E-state index in [2.05, 4.69) is 27.3 Å². The number of alkyl halides is 1.